The third-order valence-electron chi connectivity index (χ3n) is 5.34. The maximum Gasteiger partial charge on any atom is 0.273 e. The first-order chi connectivity index (χ1) is 9.49. The van der Waals surface area contributed by atoms with Crippen LogP contribution in [0.15, 0.2) is 4.47 Å². The fourth-order valence-electron chi connectivity index (χ4n) is 4.05. The van der Waals surface area contributed by atoms with Gasteiger partial charge in [-0.05, 0) is 60.9 Å². The molecule has 4 nitrogen and oxygen atoms in total. The molecule has 1 amide bonds. The minimum absolute atomic E-state index is 0.0746. The summed E-state index contributed by atoms with van der Waals surface area (Å²) in [4.78, 5) is 15.1. The molecule has 1 aromatic rings. The topological polar surface area (TPSA) is 38.1 Å². The van der Waals surface area contributed by atoms with Crippen LogP contribution in [0.1, 0.15) is 61.1 Å². The lowest BCUT2D eigenvalue weighted by Crippen LogP contribution is -2.46. The zero-order chi connectivity index (χ0) is 14.1. The summed E-state index contributed by atoms with van der Waals surface area (Å²) in [6.07, 6.45) is 6.00. The molecule has 2 unspecified atom stereocenters. The van der Waals surface area contributed by atoms with E-state index >= 15 is 0 Å². The van der Waals surface area contributed by atoms with E-state index in [0.29, 0.717) is 11.8 Å². The molecule has 0 radical (unpaired) electrons. The Hall–Kier alpha value is -0.840. The molecule has 2 saturated carbocycles. The van der Waals surface area contributed by atoms with Crippen LogP contribution >= 0.6 is 15.9 Å². The van der Waals surface area contributed by atoms with Gasteiger partial charge in [-0.2, -0.15) is 5.10 Å². The van der Waals surface area contributed by atoms with Crippen LogP contribution in [-0.2, 0) is 7.05 Å². The standard InChI is InChI=1S/C15H20BrN3O/c1-15-6-5-9(7-15)8-19(15)14(20)13-11(16)12(10-3-4-10)17-18(13)2/h9-10H,3-8H2,1-2H3. The Kier molecular flexibility index (Phi) is 2.63. The number of carbonyl (C=O) groups is 1. The molecule has 1 aromatic heterocycles. The Balaban J connectivity index is 1.69. The van der Waals surface area contributed by atoms with Gasteiger partial charge in [0, 0.05) is 25.0 Å². The van der Waals surface area contributed by atoms with Crippen LogP contribution in [0.2, 0.25) is 0 Å². The van der Waals surface area contributed by atoms with E-state index in [-0.39, 0.29) is 11.4 Å². The highest BCUT2D eigenvalue weighted by Crippen LogP contribution is 2.48. The van der Waals surface area contributed by atoms with Crippen LogP contribution in [0.3, 0.4) is 0 Å². The molecule has 2 bridgehead atoms. The molecule has 108 valence electrons. The number of aromatic nitrogens is 2. The van der Waals surface area contributed by atoms with Crippen molar-refractivity contribution >= 4 is 21.8 Å². The van der Waals surface area contributed by atoms with Crippen LogP contribution in [0.5, 0.6) is 0 Å². The maximum atomic E-state index is 13.0. The number of hydrogen-bond donors (Lipinski definition) is 0. The number of likely N-dealkylation sites (tertiary alicyclic amines) is 1. The molecule has 2 atom stereocenters. The predicted octanol–water partition coefficient (Wildman–Crippen LogP) is 3.07. The van der Waals surface area contributed by atoms with Crippen LogP contribution in [0, 0.1) is 5.92 Å². The van der Waals surface area contributed by atoms with Crippen molar-refractivity contribution < 1.29 is 4.79 Å². The van der Waals surface area contributed by atoms with Gasteiger partial charge >= 0.3 is 0 Å². The summed E-state index contributed by atoms with van der Waals surface area (Å²) in [5.74, 6) is 1.42. The van der Waals surface area contributed by atoms with Gasteiger partial charge in [-0.15, -0.1) is 0 Å². The summed E-state index contributed by atoms with van der Waals surface area (Å²) in [7, 11) is 1.89. The van der Waals surface area contributed by atoms with Crippen molar-refractivity contribution in [2.45, 2.75) is 50.5 Å². The highest BCUT2D eigenvalue weighted by molar-refractivity contribution is 9.10. The first-order valence-electron chi connectivity index (χ1n) is 7.54. The first-order valence-corrected chi connectivity index (χ1v) is 8.33. The second-order valence-corrected chi connectivity index (χ2v) is 7.76. The lowest BCUT2D eigenvalue weighted by Gasteiger charge is -2.36. The molecule has 1 aliphatic heterocycles. The summed E-state index contributed by atoms with van der Waals surface area (Å²) in [5.41, 5.74) is 1.89. The minimum Gasteiger partial charge on any atom is -0.332 e. The van der Waals surface area contributed by atoms with Crippen molar-refractivity contribution in [3.8, 4) is 0 Å². The highest BCUT2D eigenvalue weighted by atomic mass is 79.9. The number of halogens is 1. The number of carbonyl (C=O) groups excluding carboxylic acids is 1. The first kappa shape index (κ1) is 12.9. The molecule has 4 rings (SSSR count). The number of amides is 1. The Morgan fingerprint density at radius 1 is 1.40 bits per heavy atom. The Bertz CT molecular complexity index is 592. The fourth-order valence-corrected chi connectivity index (χ4v) is 4.87. The van der Waals surface area contributed by atoms with Crippen LogP contribution in [0.25, 0.3) is 0 Å². The van der Waals surface area contributed by atoms with E-state index < -0.39 is 0 Å². The molecular formula is C15H20BrN3O. The van der Waals surface area contributed by atoms with Gasteiger partial charge in [-0.1, -0.05) is 0 Å². The average Bonchev–Trinajstić information content (AvgIpc) is 3.01. The number of fused-ring (bicyclic) bond motifs is 2. The van der Waals surface area contributed by atoms with Crippen molar-refractivity contribution in [2.24, 2.45) is 13.0 Å². The normalized spacial score (nSPS) is 32.1. The van der Waals surface area contributed by atoms with Gasteiger partial charge in [0.15, 0.2) is 0 Å². The van der Waals surface area contributed by atoms with E-state index in [9.17, 15) is 4.79 Å². The second-order valence-electron chi connectivity index (χ2n) is 6.97. The molecule has 20 heavy (non-hydrogen) atoms. The number of hydrogen-bond acceptors (Lipinski definition) is 2. The fraction of sp³-hybridized carbons (Fsp3) is 0.733. The second kappa shape index (κ2) is 4.09. The van der Waals surface area contributed by atoms with E-state index in [4.69, 9.17) is 0 Å². The van der Waals surface area contributed by atoms with Crippen molar-refractivity contribution in [1.29, 1.82) is 0 Å². The Labute approximate surface area is 127 Å². The van der Waals surface area contributed by atoms with E-state index in [1.807, 2.05) is 7.05 Å². The summed E-state index contributed by atoms with van der Waals surface area (Å²) >= 11 is 3.63. The summed E-state index contributed by atoms with van der Waals surface area (Å²) in [6, 6.07) is 0. The summed E-state index contributed by atoms with van der Waals surface area (Å²) in [5, 5.41) is 4.57. The third kappa shape index (κ3) is 1.71. The molecule has 1 saturated heterocycles. The molecule has 5 heteroatoms. The minimum atomic E-state index is 0.0746. The van der Waals surface area contributed by atoms with Gasteiger partial charge in [0.1, 0.15) is 5.69 Å². The average molecular weight is 338 g/mol. The van der Waals surface area contributed by atoms with Crippen LogP contribution in [0.4, 0.5) is 0 Å². The number of nitrogens with zero attached hydrogens (tertiary/aromatic N) is 3. The molecule has 2 aliphatic carbocycles. The van der Waals surface area contributed by atoms with E-state index in [1.54, 1.807) is 4.68 Å². The quantitative estimate of drug-likeness (QED) is 0.831. The Morgan fingerprint density at radius 3 is 2.70 bits per heavy atom. The van der Waals surface area contributed by atoms with Gasteiger partial charge < -0.3 is 4.90 Å². The molecule has 0 spiro atoms. The largest absolute Gasteiger partial charge is 0.332 e. The molecule has 3 aliphatic rings. The Morgan fingerprint density at radius 2 is 2.15 bits per heavy atom. The summed E-state index contributed by atoms with van der Waals surface area (Å²) < 4.78 is 2.70. The van der Waals surface area contributed by atoms with E-state index in [1.165, 1.54) is 25.7 Å². The predicted molar refractivity (Wildman–Crippen MR) is 79.7 cm³/mol. The van der Waals surface area contributed by atoms with Crippen LogP contribution < -0.4 is 0 Å². The van der Waals surface area contributed by atoms with Crippen molar-refractivity contribution in [2.75, 3.05) is 6.54 Å². The molecule has 0 aromatic carbocycles. The van der Waals surface area contributed by atoms with Gasteiger partial charge in [0.25, 0.3) is 5.91 Å². The highest BCUT2D eigenvalue weighted by Gasteiger charge is 2.50. The van der Waals surface area contributed by atoms with E-state index in [2.05, 4.69) is 32.9 Å². The zero-order valence-corrected chi connectivity index (χ0v) is 13.6. The zero-order valence-electron chi connectivity index (χ0n) is 12.0. The van der Waals surface area contributed by atoms with Gasteiger partial charge in [0.2, 0.25) is 0 Å². The molecule has 0 N–H and O–H groups in total. The molecule has 3 fully saturated rings. The monoisotopic (exact) mass is 337 g/mol. The molecular weight excluding hydrogens is 318 g/mol. The number of aryl methyl sites for hydroxylation is 1. The van der Waals surface area contributed by atoms with Crippen LogP contribution in [-0.4, -0.2) is 32.7 Å². The van der Waals surface area contributed by atoms with E-state index in [0.717, 1.165) is 28.8 Å². The lowest BCUT2D eigenvalue weighted by atomic mass is 9.99. The third-order valence-corrected chi connectivity index (χ3v) is 6.12. The lowest BCUT2D eigenvalue weighted by molar-refractivity contribution is 0.0566. The number of piperidine rings is 1. The smallest absolute Gasteiger partial charge is 0.273 e. The number of rotatable bonds is 2. The van der Waals surface area contributed by atoms with Gasteiger partial charge in [-0.25, -0.2) is 0 Å². The van der Waals surface area contributed by atoms with Gasteiger partial charge in [-0.3, -0.25) is 9.48 Å². The van der Waals surface area contributed by atoms with Crippen molar-refractivity contribution in [1.82, 2.24) is 14.7 Å². The summed E-state index contributed by atoms with van der Waals surface area (Å²) in [6.45, 7) is 3.16. The van der Waals surface area contributed by atoms with Crippen molar-refractivity contribution in [3.63, 3.8) is 0 Å². The molecule has 2 heterocycles. The van der Waals surface area contributed by atoms with Gasteiger partial charge in [0.05, 0.1) is 10.2 Å². The van der Waals surface area contributed by atoms with Crippen molar-refractivity contribution in [3.05, 3.63) is 15.9 Å². The maximum absolute atomic E-state index is 13.0. The SMILES string of the molecule is Cn1nc(C2CC2)c(Br)c1C(=O)N1CC2CCC1(C)C2.